The molecule has 2 rings (SSSR count). The van der Waals surface area contributed by atoms with Gasteiger partial charge in [-0.2, -0.15) is 0 Å². The van der Waals surface area contributed by atoms with Crippen molar-refractivity contribution in [2.45, 2.75) is 19.3 Å². The van der Waals surface area contributed by atoms with Crippen molar-refractivity contribution in [3.05, 3.63) is 15.8 Å². The van der Waals surface area contributed by atoms with E-state index in [2.05, 4.69) is 5.32 Å². The van der Waals surface area contributed by atoms with Crippen molar-refractivity contribution in [1.82, 2.24) is 4.90 Å². The number of hydrogen-bond acceptors (Lipinski definition) is 4. The minimum absolute atomic E-state index is 0.0492. The molecule has 1 amide bonds. The van der Waals surface area contributed by atoms with Gasteiger partial charge in [0.1, 0.15) is 0 Å². The topological polar surface area (TPSA) is 49.4 Å². The number of Topliss-reactive ketones (excluding diaryl/α,β-unsaturated/α-hetero) is 1. The Bertz CT molecular complexity index is 451. The van der Waals surface area contributed by atoms with Crippen LogP contribution in [-0.2, 0) is 11.2 Å². The normalized spacial score (nSPS) is 15.4. The number of aryl methyl sites for hydroxylation is 1. The second-order valence-electron chi connectivity index (χ2n) is 4.51. The van der Waals surface area contributed by atoms with E-state index in [1.165, 1.54) is 11.3 Å². The van der Waals surface area contributed by atoms with Crippen LogP contribution in [0.4, 0.5) is 5.69 Å². The van der Waals surface area contributed by atoms with Crippen LogP contribution in [0.15, 0.2) is 6.07 Å². The molecule has 1 aromatic heterocycles. The number of hydrogen-bond donors (Lipinski definition) is 1. The molecule has 1 aromatic rings. The molecule has 0 spiro atoms. The van der Waals surface area contributed by atoms with E-state index in [0.29, 0.717) is 13.0 Å². The Kier molecular flexibility index (Phi) is 3.59. The number of amides is 1. The molecule has 0 saturated heterocycles. The molecule has 92 valence electrons. The van der Waals surface area contributed by atoms with E-state index < -0.39 is 0 Å². The van der Waals surface area contributed by atoms with Gasteiger partial charge in [0.2, 0.25) is 5.91 Å². The molecule has 0 unspecified atom stereocenters. The number of nitrogens with zero attached hydrogens (tertiary/aromatic N) is 1. The number of anilines is 1. The Labute approximate surface area is 105 Å². The van der Waals surface area contributed by atoms with Crippen LogP contribution < -0.4 is 5.32 Å². The van der Waals surface area contributed by atoms with Crippen molar-refractivity contribution >= 4 is 28.7 Å². The number of thiophene rings is 1. The maximum absolute atomic E-state index is 11.9. The zero-order valence-corrected chi connectivity index (χ0v) is 10.9. The predicted octanol–water partition coefficient (Wildman–Crippen LogP) is 1.77. The molecule has 0 fully saturated rings. The quantitative estimate of drug-likeness (QED) is 0.834. The standard InChI is InChI=1S/C12H16N2O2S/c1-14(2)7-9(15)11-6-8-10(17-11)4-3-5-12(16)13-8/h6H,3-5,7H2,1-2H3,(H,13,16). The molecule has 17 heavy (non-hydrogen) atoms. The number of fused-ring (bicyclic) bond motifs is 1. The van der Waals surface area contributed by atoms with Gasteiger partial charge in [0.25, 0.3) is 0 Å². The van der Waals surface area contributed by atoms with Crippen molar-refractivity contribution in [2.75, 3.05) is 26.0 Å². The Morgan fingerprint density at radius 1 is 1.47 bits per heavy atom. The molecule has 4 nitrogen and oxygen atoms in total. The molecule has 5 heteroatoms. The summed E-state index contributed by atoms with van der Waals surface area (Å²) in [7, 11) is 3.75. The van der Waals surface area contributed by atoms with Crippen LogP contribution in [0.5, 0.6) is 0 Å². The second-order valence-corrected chi connectivity index (χ2v) is 5.65. The summed E-state index contributed by atoms with van der Waals surface area (Å²) >= 11 is 1.51. The van der Waals surface area contributed by atoms with Crippen molar-refractivity contribution in [3.63, 3.8) is 0 Å². The third-order valence-corrected chi connectivity index (χ3v) is 3.86. The van der Waals surface area contributed by atoms with Crippen molar-refractivity contribution in [3.8, 4) is 0 Å². The summed E-state index contributed by atoms with van der Waals surface area (Å²) in [6.45, 7) is 0.410. The molecule has 0 radical (unpaired) electrons. The minimum Gasteiger partial charge on any atom is -0.325 e. The molecule has 0 aliphatic carbocycles. The van der Waals surface area contributed by atoms with E-state index in [0.717, 1.165) is 28.3 Å². The van der Waals surface area contributed by atoms with Crippen LogP contribution in [0, 0.1) is 0 Å². The molecule has 0 bridgehead atoms. The Hall–Kier alpha value is -1.20. The summed E-state index contributed by atoms with van der Waals surface area (Å²) in [5.41, 5.74) is 0.833. The Morgan fingerprint density at radius 3 is 2.94 bits per heavy atom. The first kappa shape index (κ1) is 12.3. The highest BCUT2D eigenvalue weighted by molar-refractivity contribution is 7.14. The summed E-state index contributed by atoms with van der Waals surface area (Å²) < 4.78 is 0. The highest BCUT2D eigenvalue weighted by Crippen LogP contribution is 2.31. The molecule has 0 atom stereocenters. The van der Waals surface area contributed by atoms with E-state index in [1.807, 2.05) is 25.1 Å². The van der Waals surface area contributed by atoms with Crippen molar-refractivity contribution in [1.29, 1.82) is 0 Å². The first-order valence-corrected chi connectivity index (χ1v) is 6.48. The van der Waals surface area contributed by atoms with Crippen LogP contribution in [0.1, 0.15) is 27.4 Å². The summed E-state index contributed by atoms with van der Waals surface area (Å²) in [6.07, 6.45) is 2.32. The van der Waals surface area contributed by atoms with Crippen LogP contribution in [-0.4, -0.2) is 37.2 Å². The summed E-state index contributed by atoms with van der Waals surface area (Å²) in [4.78, 5) is 27.0. The summed E-state index contributed by atoms with van der Waals surface area (Å²) in [5, 5.41) is 2.86. The first-order chi connectivity index (χ1) is 8.06. The van der Waals surface area contributed by atoms with Gasteiger partial charge in [-0.15, -0.1) is 11.3 Å². The molecular weight excluding hydrogens is 236 g/mol. The number of carbonyl (C=O) groups is 2. The van der Waals surface area contributed by atoms with Gasteiger partial charge in [-0.05, 0) is 33.0 Å². The molecule has 0 saturated carbocycles. The number of nitrogens with one attached hydrogen (secondary N) is 1. The summed E-state index contributed by atoms with van der Waals surface area (Å²) in [6, 6.07) is 1.81. The lowest BCUT2D eigenvalue weighted by Crippen LogP contribution is -2.20. The molecule has 1 aliphatic heterocycles. The average Bonchev–Trinajstić information content (AvgIpc) is 2.53. The highest BCUT2D eigenvalue weighted by Gasteiger charge is 2.19. The number of rotatable bonds is 3. The van der Waals surface area contributed by atoms with E-state index in [4.69, 9.17) is 0 Å². The van der Waals surface area contributed by atoms with Gasteiger partial charge in [-0.1, -0.05) is 0 Å². The SMILES string of the molecule is CN(C)CC(=O)c1cc2c(s1)CCCC(=O)N2. The van der Waals surface area contributed by atoms with E-state index in [1.54, 1.807) is 0 Å². The van der Waals surface area contributed by atoms with Crippen LogP contribution in [0.3, 0.4) is 0 Å². The molecule has 1 N–H and O–H groups in total. The van der Waals surface area contributed by atoms with Gasteiger partial charge in [0, 0.05) is 11.3 Å². The predicted molar refractivity (Wildman–Crippen MR) is 68.8 cm³/mol. The second kappa shape index (κ2) is 4.98. The first-order valence-electron chi connectivity index (χ1n) is 5.67. The van der Waals surface area contributed by atoms with Crippen LogP contribution in [0.25, 0.3) is 0 Å². The lowest BCUT2D eigenvalue weighted by atomic mass is 10.2. The number of likely N-dealkylation sites (N-methyl/N-ethyl adjacent to an activating group) is 1. The average molecular weight is 252 g/mol. The summed E-state index contributed by atoms with van der Waals surface area (Å²) in [5.74, 6) is 0.162. The zero-order valence-electron chi connectivity index (χ0n) is 10.1. The smallest absolute Gasteiger partial charge is 0.224 e. The zero-order chi connectivity index (χ0) is 12.4. The fourth-order valence-electron chi connectivity index (χ4n) is 1.85. The van der Waals surface area contributed by atoms with Gasteiger partial charge in [-0.25, -0.2) is 0 Å². The fraction of sp³-hybridized carbons (Fsp3) is 0.500. The largest absolute Gasteiger partial charge is 0.325 e. The van der Waals surface area contributed by atoms with E-state index >= 15 is 0 Å². The van der Waals surface area contributed by atoms with Crippen LogP contribution in [0.2, 0.25) is 0 Å². The number of carbonyl (C=O) groups excluding carboxylic acids is 2. The van der Waals surface area contributed by atoms with Gasteiger partial charge in [-0.3, -0.25) is 9.59 Å². The minimum atomic E-state index is 0.0492. The maximum Gasteiger partial charge on any atom is 0.224 e. The third-order valence-electron chi connectivity index (χ3n) is 2.63. The lowest BCUT2D eigenvalue weighted by Gasteiger charge is -2.06. The fourth-order valence-corrected chi connectivity index (χ4v) is 2.93. The van der Waals surface area contributed by atoms with E-state index in [9.17, 15) is 9.59 Å². The highest BCUT2D eigenvalue weighted by atomic mass is 32.1. The van der Waals surface area contributed by atoms with Crippen molar-refractivity contribution in [2.24, 2.45) is 0 Å². The van der Waals surface area contributed by atoms with Gasteiger partial charge in [0.05, 0.1) is 17.1 Å². The molecule has 1 aliphatic rings. The molecular formula is C12H16N2O2S. The third kappa shape index (κ3) is 2.92. The Morgan fingerprint density at radius 2 is 2.24 bits per heavy atom. The van der Waals surface area contributed by atoms with Gasteiger partial charge < -0.3 is 10.2 Å². The lowest BCUT2D eigenvalue weighted by molar-refractivity contribution is -0.116. The van der Waals surface area contributed by atoms with Gasteiger partial charge in [0.15, 0.2) is 5.78 Å². The maximum atomic E-state index is 11.9. The van der Waals surface area contributed by atoms with Gasteiger partial charge >= 0.3 is 0 Å². The molecule has 2 heterocycles. The molecule has 0 aromatic carbocycles. The van der Waals surface area contributed by atoms with Crippen LogP contribution >= 0.6 is 11.3 Å². The Balaban J connectivity index is 2.19. The number of ketones is 1. The van der Waals surface area contributed by atoms with Crippen molar-refractivity contribution < 1.29 is 9.59 Å². The van der Waals surface area contributed by atoms with E-state index in [-0.39, 0.29) is 11.7 Å². The monoisotopic (exact) mass is 252 g/mol.